The van der Waals surface area contributed by atoms with Crippen LogP contribution in [0.3, 0.4) is 0 Å². The maximum absolute atomic E-state index is 11.5. The van der Waals surface area contributed by atoms with Gasteiger partial charge in [0.1, 0.15) is 5.75 Å². The molecule has 0 spiro atoms. The maximum Gasteiger partial charge on any atom is 0.339 e. The van der Waals surface area contributed by atoms with Crippen molar-refractivity contribution in [3.63, 3.8) is 0 Å². The molecule has 0 aliphatic heterocycles. The van der Waals surface area contributed by atoms with E-state index >= 15 is 0 Å². The molecule has 0 saturated carbocycles. The second-order valence-electron chi connectivity index (χ2n) is 3.18. The summed E-state index contributed by atoms with van der Waals surface area (Å²) >= 11 is 0. The number of amides is 1. The van der Waals surface area contributed by atoms with Gasteiger partial charge in [0.05, 0.1) is 12.7 Å². The lowest BCUT2D eigenvalue weighted by molar-refractivity contribution is -0.125. The number of rotatable bonds is 4. The van der Waals surface area contributed by atoms with Gasteiger partial charge in [0, 0.05) is 0 Å². The lowest BCUT2D eigenvalue weighted by atomic mass is 10.2. The predicted molar refractivity (Wildman–Crippen MR) is 57.1 cm³/mol. The lowest BCUT2D eigenvalue weighted by Gasteiger charge is -2.09. The summed E-state index contributed by atoms with van der Waals surface area (Å²) in [4.78, 5) is 22.3. The molecule has 0 bridgehead atoms. The molecule has 86 valence electrons. The summed E-state index contributed by atoms with van der Waals surface area (Å²) in [6.45, 7) is 1.42. The second-order valence-corrected chi connectivity index (χ2v) is 3.18. The molecule has 1 rings (SSSR count). The molecule has 5 nitrogen and oxygen atoms in total. The fraction of sp³-hybridized carbons (Fsp3) is 0.273. The Morgan fingerprint density at radius 1 is 1.38 bits per heavy atom. The molecule has 2 N–H and O–H groups in total. The number of hydrogen-bond acceptors (Lipinski definition) is 4. The topological polar surface area (TPSA) is 78.6 Å². The van der Waals surface area contributed by atoms with Crippen LogP contribution in [0, 0.1) is 0 Å². The van der Waals surface area contributed by atoms with Gasteiger partial charge in [-0.1, -0.05) is 6.07 Å². The van der Waals surface area contributed by atoms with Crippen LogP contribution in [0.1, 0.15) is 17.3 Å². The highest BCUT2D eigenvalue weighted by molar-refractivity contribution is 5.92. The Kier molecular flexibility index (Phi) is 3.88. The van der Waals surface area contributed by atoms with Gasteiger partial charge in [0.25, 0.3) is 5.91 Å². The number of carbonyl (C=O) groups excluding carboxylic acids is 2. The number of esters is 1. The zero-order chi connectivity index (χ0) is 12.1. The monoisotopic (exact) mass is 223 g/mol. The molecule has 1 atom stereocenters. The van der Waals surface area contributed by atoms with Crippen molar-refractivity contribution < 1.29 is 19.1 Å². The Hall–Kier alpha value is -2.04. The van der Waals surface area contributed by atoms with Crippen LogP contribution in [0.15, 0.2) is 24.3 Å². The van der Waals surface area contributed by atoms with Crippen LogP contribution in [0.5, 0.6) is 5.75 Å². The maximum atomic E-state index is 11.5. The first-order valence-corrected chi connectivity index (χ1v) is 4.69. The van der Waals surface area contributed by atoms with Crippen LogP contribution in [-0.4, -0.2) is 25.1 Å². The summed E-state index contributed by atoms with van der Waals surface area (Å²) in [7, 11) is 1.50. The van der Waals surface area contributed by atoms with E-state index in [1.807, 2.05) is 0 Å². The first-order chi connectivity index (χ1) is 7.54. The van der Waals surface area contributed by atoms with E-state index in [1.165, 1.54) is 20.1 Å². The van der Waals surface area contributed by atoms with Crippen LogP contribution < -0.4 is 10.5 Å². The van der Waals surface area contributed by atoms with E-state index in [2.05, 4.69) is 0 Å². The summed E-state index contributed by atoms with van der Waals surface area (Å²) in [6.07, 6.45) is -0.946. The van der Waals surface area contributed by atoms with Gasteiger partial charge in [-0.15, -0.1) is 0 Å². The first kappa shape index (κ1) is 12.0. The number of ether oxygens (including phenoxy) is 2. The van der Waals surface area contributed by atoms with Crippen molar-refractivity contribution in [2.75, 3.05) is 7.11 Å². The van der Waals surface area contributed by atoms with Crippen molar-refractivity contribution in [2.45, 2.75) is 13.0 Å². The van der Waals surface area contributed by atoms with Gasteiger partial charge in [0.2, 0.25) is 0 Å². The van der Waals surface area contributed by atoms with E-state index in [1.54, 1.807) is 18.2 Å². The zero-order valence-corrected chi connectivity index (χ0v) is 9.10. The van der Waals surface area contributed by atoms with Gasteiger partial charge in [-0.3, -0.25) is 4.79 Å². The van der Waals surface area contributed by atoms with Gasteiger partial charge < -0.3 is 15.2 Å². The molecule has 16 heavy (non-hydrogen) atoms. The summed E-state index contributed by atoms with van der Waals surface area (Å²) in [5.74, 6) is -0.748. The summed E-state index contributed by atoms with van der Waals surface area (Å²) in [5.41, 5.74) is 5.29. The average molecular weight is 223 g/mol. The van der Waals surface area contributed by atoms with E-state index in [0.717, 1.165) is 0 Å². The van der Waals surface area contributed by atoms with Crippen LogP contribution in [-0.2, 0) is 9.53 Å². The van der Waals surface area contributed by atoms with Crippen LogP contribution in [0.2, 0.25) is 0 Å². The summed E-state index contributed by atoms with van der Waals surface area (Å²) in [6, 6.07) is 6.45. The number of carbonyl (C=O) groups is 2. The summed E-state index contributed by atoms with van der Waals surface area (Å²) < 4.78 is 9.79. The molecular formula is C11H13NO4. The highest BCUT2D eigenvalue weighted by atomic mass is 16.5. The van der Waals surface area contributed by atoms with Crippen molar-refractivity contribution in [1.82, 2.24) is 0 Å². The van der Waals surface area contributed by atoms with Gasteiger partial charge in [-0.25, -0.2) is 4.79 Å². The quantitative estimate of drug-likeness (QED) is 0.763. The standard InChI is InChI=1S/C11H13NO4/c1-7(10(12)13)16-11(14)8-4-3-5-9(6-8)15-2/h3-7H,1-2H3,(H2,12,13)/t7-/m1/s1. The Bertz CT molecular complexity index is 403. The van der Waals surface area contributed by atoms with E-state index in [9.17, 15) is 9.59 Å². The van der Waals surface area contributed by atoms with E-state index in [-0.39, 0.29) is 0 Å². The van der Waals surface area contributed by atoms with Gasteiger partial charge in [-0.2, -0.15) is 0 Å². The molecule has 0 heterocycles. The minimum absolute atomic E-state index is 0.312. The average Bonchev–Trinajstić information content (AvgIpc) is 2.28. The number of nitrogens with two attached hydrogens (primary N) is 1. The Balaban J connectivity index is 2.76. The van der Waals surface area contributed by atoms with Crippen molar-refractivity contribution in [3.8, 4) is 5.75 Å². The number of primary amides is 1. The normalized spacial score (nSPS) is 11.6. The van der Waals surface area contributed by atoms with Gasteiger partial charge in [-0.05, 0) is 25.1 Å². The van der Waals surface area contributed by atoms with Crippen molar-refractivity contribution in [2.24, 2.45) is 5.73 Å². The van der Waals surface area contributed by atoms with Crippen LogP contribution in [0.4, 0.5) is 0 Å². The van der Waals surface area contributed by atoms with Crippen molar-refractivity contribution in [1.29, 1.82) is 0 Å². The highest BCUT2D eigenvalue weighted by Crippen LogP contribution is 2.13. The molecule has 0 saturated heterocycles. The molecular weight excluding hydrogens is 210 g/mol. The van der Waals surface area contributed by atoms with Crippen LogP contribution in [0.25, 0.3) is 0 Å². The number of hydrogen-bond donors (Lipinski definition) is 1. The number of methoxy groups -OCH3 is 1. The Morgan fingerprint density at radius 3 is 2.62 bits per heavy atom. The Morgan fingerprint density at radius 2 is 2.06 bits per heavy atom. The molecule has 0 aliphatic rings. The molecule has 0 unspecified atom stereocenters. The lowest BCUT2D eigenvalue weighted by Crippen LogP contribution is -2.30. The van der Waals surface area contributed by atoms with Crippen molar-refractivity contribution in [3.05, 3.63) is 29.8 Å². The SMILES string of the molecule is COc1cccc(C(=O)O[C@H](C)C(N)=O)c1. The predicted octanol–water partition coefficient (Wildman–Crippen LogP) is 0.726. The number of benzene rings is 1. The minimum Gasteiger partial charge on any atom is -0.497 e. The van der Waals surface area contributed by atoms with Gasteiger partial charge in [0.15, 0.2) is 6.10 Å². The molecule has 5 heteroatoms. The molecule has 0 radical (unpaired) electrons. The minimum atomic E-state index is -0.946. The first-order valence-electron chi connectivity index (χ1n) is 4.69. The largest absolute Gasteiger partial charge is 0.497 e. The molecule has 0 aliphatic carbocycles. The fourth-order valence-corrected chi connectivity index (χ4v) is 1.04. The molecule has 0 aromatic heterocycles. The third-order valence-corrected chi connectivity index (χ3v) is 1.99. The van der Waals surface area contributed by atoms with Crippen LogP contribution >= 0.6 is 0 Å². The van der Waals surface area contributed by atoms with E-state index < -0.39 is 18.0 Å². The molecule has 1 amide bonds. The third-order valence-electron chi connectivity index (χ3n) is 1.99. The van der Waals surface area contributed by atoms with Gasteiger partial charge >= 0.3 is 5.97 Å². The van der Waals surface area contributed by atoms with E-state index in [0.29, 0.717) is 11.3 Å². The summed E-state index contributed by atoms with van der Waals surface area (Å²) in [5, 5.41) is 0. The fourth-order valence-electron chi connectivity index (χ4n) is 1.04. The molecule has 0 fully saturated rings. The second kappa shape index (κ2) is 5.16. The smallest absolute Gasteiger partial charge is 0.339 e. The van der Waals surface area contributed by atoms with Crippen molar-refractivity contribution >= 4 is 11.9 Å². The molecule has 1 aromatic rings. The zero-order valence-electron chi connectivity index (χ0n) is 9.10. The Labute approximate surface area is 93.1 Å². The van der Waals surface area contributed by atoms with E-state index in [4.69, 9.17) is 15.2 Å². The highest BCUT2D eigenvalue weighted by Gasteiger charge is 2.16. The molecule has 1 aromatic carbocycles. The third kappa shape index (κ3) is 2.98.